The number of amides is 1. The first kappa shape index (κ1) is 15.9. The van der Waals surface area contributed by atoms with Gasteiger partial charge in [-0.05, 0) is 30.2 Å². The van der Waals surface area contributed by atoms with Crippen molar-refractivity contribution in [3.63, 3.8) is 0 Å². The highest BCUT2D eigenvalue weighted by Gasteiger charge is 2.20. The van der Waals surface area contributed by atoms with E-state index >= 15 is 0 Å². The van der Waals surface area contributed by atoms with E-state index in [0.717, 1.165) is 50.6 Å². The van der Waals surface area contributed by atoms with Gasteiger partial charge in [-0.15, -0.1) is 0 Å². The molecule has 130 valence electrons. The van der Waals surface area contributed by atoms with Gasteiger partial charge in [-0.3, -0.25) is 4.79 Å². The molecule has 0 unspecified atom stereocenters. The fraction of sp³-hybridized carbons (Fsp3) is 0.368. The number of para-hydroxylation sites is 1. The molecule has 0 bridgehead atoms. The van der Waals surface area contributed by atoms with E-state index < -0.39 is 0 Å². The summed E-state index contributed by atoms with van der Waals surface area (Å²) in [5.41, 5.74) is 3.53. The predicted octanol–water partition coefficient (Wildman–Crippen LogP) is 1.92. The van der Waals surface area contributed by atoms with Crippen molar-refractivity contribution in [2.45, 2.75) is 6.42 Å². The third-order valence-electron chi connectivity index (χ3n) is 4.71. The number of benzene rings is 1. The lowest BCUT2D eigenvalue weighted by Gasteiger charge is -2.28. The third-order valence-corrected chi connectivity index (χ3v) is 4.71. The van der Waals surface area contributed by atoms with Crippen molar-refractivity contribution in [2.24, 2.45) is 0 Å². The van der Waals surface area contributed by atoms with Crippen LogP contribution in [0.1, 0.15) is 5.56 Å². The number of nitrogens with one attached hydrogen (secondary N) is 1. The lowest BCUT2D eigenvalue weighted by molar-refractivity contribution is -0.115. The van der Waals surface area contributed by atoms with Gasteiger partial charge >= 0.3 is 0 Å². The molecule has 1 saturated heterocycles. The van der Waals surface area contributed by atoms with E-state index in [4.69, 9.17) is 4.74 Å². The standard InChI is InChI=1S/C19H22N4O2/c24-19(14-23-8-7-15-3-1-2-4-17(15)23)21-18-6-5-16(13-20-18)22-9-11-25-12-10-22/h1-6,13H,7-12,14H2,(H,20,21,24). The zero-order valence-electron chi connectivity index (χ0n) is 14.1. The summed E-state index contributed by atoms with van der Waals surface area (Å²) in [5.74, 6) is 0.554. The molecule has 1 fully saturated rings. The Bertz CT molecular complexity index is 741. The van der Waals surface area contributed by atoms with Crippen molar-refractivity contribution < 1.29 is 9.53 Å². The molecule has 2 aliphatic rings. The van der Waals surface area contributed by atoms with Crippen LogP contribution >= 0.6 is 0 Å². The van der Waals surface area contributed by atoms with E-state index in [1.54, 1.807) is 0 Å². The number of carbonyl (C=O) groups is 1. The Morgan fingerprint density at radius 2 is 1.96 bits per heavy atom. The number of pyridine rings is 1. The number of rotatable bonds is 4. The highest BCUT2D eigenvalue weighted by atomic mass is 16.5. The molecular formula is C19H22N4O2. The van der Waals surface area contributed by atoms with Crippen molar-refractivity contribution in [1.29, 1.82) is 0 Å². The van der Waals surface area contributed by atoms with Crippen LogP contribution < -0.4 is 15.1 Å². The first-order valence-electron chi connectivity index (χ1n) is 8.71. The van der Waals surface area contributed by atoms with Crippen LogP contribution in [-0.4, -0.2) is 50.3 Å². The Kier molecular flexibility index (Phi) is 4.52. The summed E-state index contributed by atoms with van der Waals surface area (Å²) in [4.78, 5) is 21.1. The van der Waals surface area contributed by atoms with Gasteiger partial charge < -0.3 is 19.9 Å². The minimum absolute atomic E-state index is 0.0386. The van der Waals surface area contributed by atoms with Crippen LogP contribution in [0.3, 0.4) is 0 Å². The van der Waals surface area contributed by atoms with Crippen LogP contribution in [0.15, 0.2) is 42.6 Å². The molecule has 1 aromatic heterocycles. The van der Waals surface area contributed by atoms with Crippen LogP contribution in [0.4, 0.5) is 17.2 Å². The van der Waals surface area contributed by atoms with Crippen LogP contribution in [0, 0.1) is 0 Å². The SMILES string of the molecule is O=C(CN1CCc2ccccc21)Nc1ccc(N2CCOCC2)cn1. The number of anilines is 3. The summed E-state index contributed by atoms with van der Waals surface area (Å²) < 4.78 is 5.36. The Morgan fingerprint density at radius 1 is 1.12 bits per heavy atom. The fourth-order valence-electron chi connectivity index (χ4n) is 3.40. The largest absolute Gasteiger partial charge is 0.378 e. The van der Waals surface area contributed by atoms with Crippen LogP contribution in [0.2, 0.25) is 0 Å². The molecule has 0 atom stereocenters. The molecule has 1 aromatic carbocycles. The zero-order valence-corrected chi connectivity index (χ0v) is 14.1. The molecule has 0 spiro atoms. The fourth-order valence-corrected chi connectivity index (χ4v) is 3.40. The average molecular weight is 338 g/mol. The van der Waals surface area contributed by atoms with Gasteiger partial charge in [0, 0.05) is 25.3 Å². The highest BCUT2D eigenvalue weighted by molar-refractivity contribution is 5.93. The van der Waals surface area contributed by atoms with Crippen molar-refractivity contribution in [2.75, 3.05) is 54.5 Å². The van der Waals surface area contributed by atoms with Crippen LogP contribution in [0.25, 0.3) is 0 Å². The van der Waals surface area contributed by atoms with Crippen molar-refractivity contribution >= 4 is 23.1 Å². The van der Waals surface area contributed by atoms with Gasteiger partial charge in [0.15, 0.2) is 0 Å². The number of ether oxygens (including phenoxy) is 1. The van der Waals surface area contributed by atoms with Crippen LogP contribution in [-0.2, 0) is 16.0 Å². The smallest absolute Gasteiger partial charge is 0.245 e. The zero-order chi connectivity index (χ0) is 17.1. The molecule has 4 rings (SSSR count). The second-order valence-electron chi connectivity index (χ2n) is 6.35. The van der Waals surface area contributed by atoms with E-state index in [9.17, 15) is 4.79 Å². The number of morpholine rings is 1. The molecule has 2 aromatic rings. The van der Waals surface area contributed by atoms with E-state index in [1.807, 2.05) is 30.5 Å². The molecule has 2 aliphatic heterocycles. The summed E-state index contributed by atoms with van der Waals surface area (Å²) in [6.45, 7) is 4.48. The van der Waals surface area contributed by atoms with Gasteiger partial charge in [0.1, 0.15) is 5.82 Å². The number of hydrogen-bond donors (Lipinski definition) is 1. The first-order valence-corrected chi connectivity index (χ1v) is 8.71. The van der Waals surface area contributed by atoms with E-state index in [-0.39, 0.29) is 5.91 Å². The second kappa shape index (κ2) is 7.11. The quantitative estimate of drug-likeness (QED) is 0.923. The summed E-state index contributed by atoms with van der Waals surface area (Å²) in [6, 6.07) is 12.1. The molecule has 0 radical (unpaired) electrons. The van der Waals surface area contributed by atoms with E-state index in [2.05, 4.69) is 32.2 Å². The van der Waals surface area contributed by atoms with Crippen molar-refractivity contribution in [3.05, 3.63) is 48.2 Å². The molecule has 25 heavy (non-hydrogen) atoms. The molecule has 6 heteroatoms. The Hall–Kier alpha value is -2.60. The number of carbonyl (C=O) groups excluding carboxylic acids is 1. The molecule has 3 heterocycles. The summed E-state index contributed by atoms with van der Waals surface area (Å²) >= 11 is 0. The lowest BCUT2D eigenvalue weighted by Crippen LogP contribution is -2.36. The molecule has 1 N–H and O–H groups in total. The third kappa shape index (κ3) is 3.58. The van der Waals surface area contributed by atoms with Crippen molar-refractivity contribution in [3.8, 4) is 0 Å². The van der Waals surface area contributed by atoms with E-state index in [0.29, 0.717) is 12.4 Å². The van der Waals surface area contributed by atoms with E-state index in [1.165, 1.54) is 5.56 Å². The molecule has 0 saturated carbocycles. The van der Waals surface area contributed by atoms with Gasteiger partial charge in [0.05, 0.1) is 31.6 Å². The van der Waals surface area contributed by atoms with Crippen molar-refractivity contribution in [1.82, 2.24) is 4.98 Å². The number of nitrogens with zero attached hydrogens (tertiary/aromatic N) is 3. The van der Waals surface area contributed by atoms with Crippen LogP contribution in [0.5, 0.6) is 0 Å². The normalized spacial score (nSPS) is 16.6. The predicted molar refractivity (Wildman–Crippen MR) is 98.3 cm³/mol. The van der Waals surface area contributed by atoms with Gasteiger partial charge in [-0.2, -0.15) is 0 Å². The molecule has 6 nitrogen and oxygen atoms in total. The lowest BCUT2D eigenvalue weighted by atomic mass is 10.2. The number of aromatic nitrogens is 1. The van der Waals surface area contributed by atoms with Gasteiger partial charge in [-0.25, -0.2) is 4.98 Å². The summed E-state index contributed by atoms with van der Waals surface area (Å²) in [5, 5.41) is 2.89. The number of fused-ring (bicyclic) bond motifs is 1. The highest BCUT2D eigenvalue weighted by Crippen LogP contribution is 2.27. The number of hydrogen-bond acceptors (Lipinski definition) is 5. The maximum atomic E-state index is 12.3. The maximum absolute atomic E-state index is 12.3. The summed E-state index contributed by atoms with van der Waals surface area (Å²) in [6.07, 6.45) is 2.81. The Morgan fingerprint density at radius 3 is 2.76 bits per heavy atom. The van der Waals surface area contributed by atoms with Gasteiger partial charge in [0.25, 0.3) is 0 Å². The Labute approximate surface area is 147 Å². The first-order chi connectivity index (χ1) is 12.3. The minimum atomic E-state index is -0.0386. The second-order valence-corrected chi connectivity index (χ2v) is 6.35. The van der Waals surface area contributed by atoms with Gasteiger partial charge in [-0.1, -0.05) is 18.2 Å². The Balaban J connectivity index is 1.35. The molecule has 0 aliphatic carbocycles. The molecular weight excluding hydrogens is 316 g/mol. The topological polar surface area (TPSA) is 57.7 Å². The van der Waals surface area contributed by atoms with Gasteiger partial charge in [0.2, 0.25) is 5.91 Å². The maximum Gasteiger partial charge on any atom is 0.245 e. The monoisotopic (exact) mass is 338 g/mol. The molecule has 1 amide bonds. The average Bonchev–Trinajstić information content (AvgIpc) is 3.06. The minimum Gasteiger partial charge on any atom is -0.378 e. The summed E-state index contributed by atoms with van der Waals surface area (Å²) in [7, 11) is 0.